The number of hydrogen-bond acceptors (Lipinski definition) is 5. The molecule has 1 aromatic heterocycles. The second kappa shape index (κ2) is 4.75. The molecule has 0 radical (unpaired) electrons. The lowest BCUT2D eigenvalue weighted by atomic mass is 10.2. The summed E-state index contributed by atoms with van der Waals surface area (Å²) < 4.78 is 13.1. The van der Waals surface area contributed by atoms with E-state index >= 15 is 0 Å². The number of nitrogen functional groups attached to an aromatic ring is 1. The molecule has 2 rings (SSSR count). The Morgan fingerprint density at radius 1 is 1.24 bits per heavy atom. The number of hydrazine groups is 1. The van der Waals surface area contributed by atoms with Gasteiger partial charge in [0.2, 0.25) is 0 Å². The molecule has 0 amide bonds. The highest BCUT2D eigenvalue weighted by molar-refractivity contribution is 5.60. The lowest BCUT2D eigenvalue weighted by molar-refractivity contribution is 0.628. The second-order valence-electron chi connectivity index (χ2n) is 3.52. The summed E-state index contributed by atoms with van der Waals surface area (Å²) in [4.78, 5) is 8.07. The smallest absolute Gasteiger partial charge is 0.160 e. The van der Waals surface area contributed by atoms with Crippen molar-refractivity contribution in [2.45, 2.75) is 6.92 Å². The van der Waals surface area contributed by atoms with Crippen molar-refractivity contribution in [3.63, 3.8) is 0 Å². The van der Waals surface area contributed by atoms with Gasteiger partial charge in [-0.3, -0.25) is 4.98 Å². The number of aryl methyl sites for hydroxylation is 1. The molecular weight excluding hydrogens is 221 g/mol. The van der Waals surface area contributed by atoms with Gasteiger partial charge in [-0.05, 0) is 24.6 Å². The predicted octanol–water partition coefficient (Wildman–Crippen LogP) is 1.95. The first kappa shape index (κ1) is 11.3. The molecular formula is C11H12FN5. The van der Waals surface area contributed by atoms with E-state index in [1.165, 1.54) is 24.5 Å². The van der Waals surface area contributed by atoms with Crippen LogP contribution in [0.2, 0.25) is 0 Å². The lowest BCUT2D eigenvalue weighted by Crippen LogP contribution is -2.09. The lowest BCUT2D eigenvalue weighted by Gasteiger charge is -2.09. The minimum atomic E-state index is -0.306. The van der Waals surface area contributed by atoms with Gasteiger partial charge in [0, 0.05) is 5.69 Å². The Bertz CT molecular complexity index is 529. The molecule has 0 unspecified atom stereocenters. The normalized spacial score (nSPS) is 10.1. The quantitative estimate of drug-likeness (QED) is 0.558. The number of benzene rings is 1. The molecule has 0 saturated carbocycles. The van der Waals surface area contributed by atoms with Crippen LogP contribution in [0.25, 0.3) is 0 Å². The number of halogens is 1. The van der Waals surface area contributed by atoms with E-state index in [0.29, 0.717) is 17.3 Å². The molecule has 2 aromatic rings. The molecule has 6 heteroatoms. The van der Waals surface area contributed by atoms with Gasteiger partial charge in [0.1, 0.15) is 5.82 Å². The Hall–Kier alpha value is -2.21. The van der Waals surface area contributed by atoms with Crippen molar-refractivity contribution in [3.8, 4) is 0 Å². The molecule has 1 heterocycles. The number of anilines is 3. The van der Waals surface area contributed by atoms with Crippen molar-refractivity contribution in [1.82, 2.24) is 9.97 Å². The van der Waals surface area contributed by atoms with Crippen LogP contribution in [0.3, 0.4) is 0 Å². The van der Waals surface area contributed by atoms with E-state index in [1.54, 1.807) is 6.07 Å². The Kier molecular flexibility index (Phi) is 3.15. The van der Waals surface area contributed by atoms with Crippen molar-refractivity contribution in [1.29, 1.82) is 0 Å². The Labute approximate surface area is 97.9 Å². The summed E-state index contributed by atoms with van der Waals surface area (Å²) in [5.41, 5.74) is 3.95. The SMILES string of the molecule is Cc1ccc(F)cc1Nc1cncc(NN)n1. The summed E-state index contributed by atoms with van der Waals surface area (Å²) in [5.74, 6) is 5.85. The molecule has 88 valence electrons. The largest absolute Gasteiger partial charge is 0.339 e. The van der Waals surface area contributed by atoms with Gasteiger partial charge >= 0.3 is 0 Å². The van der Waals surface area contributed by atoms with E-state index in [1.807, 2.05) is 6.92 Å². The number of rotatable bonds is 3. The molecule has 0 spiro atoms. The summed E-state index contributed by atoms with van der Waals surface area (Å²) in [6.07, 6.45) is 3.02. The maximum Gasteiger partial charge on any atom is 0.160 e. The monoisotopic (exact) mass is 233 g/mol. The van der Waals surface area contributed by atoms with Crippen LogP contribution in [0.4, 0.5) is 21.7 Å². The minimum Gasteiger partial charge on any atom is -0.339 e. The third kappa shape index (κ3) is 2.67. The molecule has 17 heavy (non-hydrogen) atoms. The van der Waals surface area contributed by atoms with Crippen LogP contribution < -0.4 is 16.6 Å². The van der Waals surface area contributed by atoms with Crippen LogP contribution in [-0.2, 0) is 0 Å². The standard InChI is InChI=1S/C11H12FN5/c1-7-2-3-8(12)4-9(7)15-10-5-14-6-11(16-10)17-13/h2-6H,13H2,1H3,(H2,15,16,17). The average molecular weight is 233 g/mol. The molecule has 0 saturated heterocycles. The van der Waals surface area contributed by atoms with Gasteiger partial charge in [-0.15, -0.1) is 0 Å². The third-order valence-electron chi connectivity index (χ3n) is 2.24. The van der Waals surface area contributed by atoms with Crippen molar-refractivity contribution >= 4 is 17.3 Å². The van der Waals surface area contributed by atoms with Crippen LogP contribution >= 0.6 is 0 Å². The van der Waals surface area contributed by atoms with Crippen molar-refractivity contribution in [2.24, 2.45) is 5.84 Å². The van der Waals surface area contributed by atoms with Crippen molar-refractivity contribution < 1.29 is 4.39 Å². The summed E-state index contributed by atoms with van der Waals surface area (Å²) in [5, 5.41) is 2.98. The zero-order valence-electron chi connectivity index (χ0n) is 9.24. The van der Waals surface area contributed by atoms with Crippen LogP contribution in [0.5, 0.6) is 0 Å². The van der Waals surface area contributed by atoms with Crippen molar-refractivity contribution in [3.05, 3.63) is 42.0 Å². The average Bonchev–Trinajstić information content (AvgIpc) is 2.34. The Morgan fingerprint density at radius 2 is 2.00 bits per heavy atom. The number of nitrogens with one attached hydrogen (secondary N) is 2. The fraction of sp³-hybridized carbons (Fsp3) is 0.0909. The molecule has 0 atom stereocenters. The Morgan fingerprint density at radius 3 is 2.76 bits per heavy atom. The topological polar surface area (TPSA) is 75.9 Å². The molecule has 5 nitrogen and oxygen atoms in total. The molecule has 1 aromatic carbocycles. The minimum absolute atomic E-state index is 0.306. The molecule has 0 aliphatic heterocycles. The van der Waals surface area contributed by atoms with E-state index in [2.05, 4.69) is 20.7 Å². The Balaban J connectivity index is 2.27. The van der Waals surface area contributed by atoms with Gasteiger partial charge in [0.25, 0.3) is 0 Å². The fourth-order valence-corrected chi connectivity index (χ4v) is 1.36. The predicted molar refractivity (Wildman–Crippen MR) is 64.3 cm³/mol. The summed E-state index contributed by atoms with van der Waals surface area (Å²) >= 11 is 0. The first-order valence-electron chi connectivity index (χ1n) is 5.01. The van der Waals surface area contributed by atoms with E-state index in [9.17, 15) is 4.39 Å². The first-order valence-corrected chi connectivity index (χ1v) is 5.01. The highest BCUT2D eigenvalue weighted by atomic mass is 19.1. The molecule has 0 aliphatic carbocycles. The summed E-state index contributed by atoms with van der Waals surface area (Å²) in [7, 11) is 0. The van der Waals surface area contributed by atoms with Gasteiger partial charge in [-0.2, -0.15) is 0 Å². The maximum atomic E-state index is 13.1. The summed E-state index contributed by atoms with van der Waals surface area (Å²) in [6, 6.07) is 4.50. The van der Waals surface area contributed by atoms with E-state index in [-0.39, 0.29) is 5.82 Å². The van der Waals surface area contributed by atoms with Gasteiger partial charge < -0.3 is 10.7 Å². The molecule has 0 bridgehead atoms. The van der Waals surface area contributed by atoms with Gasteiger partial charge in [0.05, 0.1) is 12.4 Å². The molecule has 0 aliphatic rings. The highest BCUT2D eigenvalue weighted by Gasteiger charge is 2.02. The van der Waals surface area contributed by atoms with Crippen LogP contribution in [0.1, 0.15) is 5.56 Å². The second-order valence-corrected chi connectivity index (χ2v) is 3.52. The zero-order chi connectivity index (χ0) is 12.3. The number of hydrogen-bond donors (Lipinski definition) is 3. The van der Waals surface area contributed by atoms with E-state index in [4.69, 9.17) is 5.84 Å². The highest BCUT2D eigenvalue weighted by Crippen LogP contribution is 2.20. The fourth-order valence-electron chi connectivity index (χ4n) is 1.36. The van der Waals surface area contributed by atoms with Crippen LogP contribution in [-0.4, -0.2) is 9.97 Å². The van der Waals surface area contributed by atoms with Crippen LogP contribution in [0, 0.1) is 12.7 Å². The number of nitrogens with zero attached hydrogens (tertiary/aromatic N) is 2. The summed E-state index contributed by atoms with van der Waals surface area (Å²) in [6.45, 7) is 1.88. The van der Waals surface area contributed by atoms with Gasteiger partial charge in [-0.1, -0.05) is 6.07 Å². The van der Waals surface area contributed by atoms with Crippen molar-refractivity contribution in [2.75, 3.05) is 10.7 Å². The number of aromatic nitrogens is 2. The third-order valence-corrected chi connectivity index (χ3v) is 2.24. The van der Waals surface area contributed by atoms with Gasteiger partial charge in [-0.25, -0.2) is 15.2 Å². The maximum absolute atomic E-state index is 13.1. The van der Waals surface area contributed by atoms with E-state index in [0.717, 1.165) is 5.56 Å². The molecule has 0 fully saturated rings. The van der Waals surface area contributed by atoms with E-state index < -0.39 is 0 Å². The first-order chi connectivity index (χ1) is 8.19. The van der Waals surface area contributed by atoms with Gasteiger partial charge in [0.15, 0.2) is 11.6 Å². The molecule has 4 N–H and O–H groups in total. The zero-order valence-corrected chi connectivity index (χ0v) is 9.24. The number of nitrogens with two attached hydrogens (primary N) is 1. The van der Waals surface area contributed by atoms with Crippen LogP contribution in [0.15, 0.2) is 30.6 Å².